The second-order valence-corrected chi connectivity index (χ2v) is 4.33. The normalized spacial score (nSPS) is 10.5. The lowest BCUT2D eigenvalue weighted by Crippen LogP contribution is -2.15. The molecule has 1 heterocycles. The minimum atomic E-state index is -0.147. The van der Waals surface area contributed by atoms with Crippen LogP contribution in [0.25, 0.3) is 0 Å². The molecule has 1 amide bonds. The highest BCUT2D eigenvalue weighted by molar-refractivity contribution is 6.05. The molecule has 0 unspecified atom stereocenters. The average molecular weight is 258 g/mol. The quantitative estimate of drug-likeness (QED) is 0.876. The molecule has 1 aromatic heterocycles. The number of carbonyl (C=O) groups is 1. The Hall–Kier alpha value is -2.14. The summed E-state index contributed by atoms with van der Waals surface area (Å²) in [6, 6.07) is 7.53. The molecule has 0 atom stereocenters. The summed E-state index contributed by atoms with van der Waals surface area (Å²) < 4.78 is 1.66. The molecular weight excluding hydrogens is 240 g/mol. The van der Waals surface area contributed by atoms with Crippen LogP contribution in [0.2, 0.25) is 0 Å². The molecule has 1 aromatic carbocycles. The third-order valence-electron chi connectivity index (χ3n) is 2.97. The van der Waals surface area contributed by atoms with Gasteiger partial charge in [0.1, 0.15) is 0 Å². The monoisotopic (exact) mass is 258 g/mol. The highest BCUT2D eigenvalue weighted by Gasteiger charge is 2.15. The number of para-hydroxylation sites is 1. The highest BCUT2D eigenvalue weighted by atomic mass is 16.1. The van der Waals surface area contributed by atoms with Gasteiger partial charge in [0.15, 0.2) is 0 Å². The van der Waals surface area contributed by atoms with Crippen LogP contribution in [0.4, 0.5) is 5.69 Å². The molecule has 5 heteroatoms. The molecule has 0 aliphatic carbocycles. The first-order chi connectivity index (χ1) is 9.15. The number of carbonyl (C=O) groups excluding carboxylic acids is 1. The van der Waals surface area contributed by atoms with Crippen LogP contribution in [0.3, 0.4) is 0 Å². The predicted molar refractivity (Wildman–Crippen MR) is 74.9 cm³/mol. The van der Waals surface area contributed by atoms with Crippen molar-refractivity contribution in [2.75, 3.05) is 5.32 Å². The maximum absolute atomic E-state index is 12.3. The Bertz CT molecular complexity index is 589. The van der Waals surface area contributed by atoms with Crippen molar-refractivity contribution in [3.8, 4) is 0 Å². The third kappa shape index (κ3) is 2.82. The Kier molecular flexibility index (Phi) is 3.97. The standard InChI is InChI=1S/C14H18N4O/c1-3-12-11(9-18(2)17-12)14(19)16-13-7-5-4-6-10(13)8-15/h4-7,9H,3,8,15H2,1-2H3,(H,16,19). The molecule has 0 spiro atoms. The summed E-state index contributed by atoms with van der Waals surface area (Å²) in [7, 11) is 1.81. The van der Waals surface area contributed by atoms with Crippen molar-refractivity contribution in [3.63, 3.8) is 0 Å². The summed E-state index contributed by atoms with van der Waals surface area (Å²) in [5.74, 6) is -0.147. The molecular formula is C14H18N4O. The number of benzene rings is 1. The summed E-state index contributed by atoms with van der Waals surface area (Å²) >= 11 is 0. The lowest BCUT2D eigenvalue weighted by Gasteiger charge is -2.09. The molecule has 19 heavy (non-hydrogen) atoms. The Morgan fingerprint density at radius 1 is 1.42 bits per heavy atom. The molecule has 0 saturated heterocycles. The second kappa shape index (κ2) is 5.67. The number of hydrogen-bond acceptors (Lipinski definition) is 3. The average Bonchev–Trinajstić information content (AvgIpc) is 2.80. The first-order valence-corrected chi connectivity index (χ1v) is 6.27. The van der Waals surface area contributed by atoms with Gasteiger partial charge in [-0.25, -0.2) is 0 Å². The zero-order valence-electron chi connectivity index (χ0n) is 11.2. The maximum atomic E-state index is 12.3. The minimum absolute atomic E-state index is 0.147. The van der Waals surface area contributed by atoms with Gasteiger partial charge < -0.3 is 11.1 Å². The van der Waals surface area contributed by atoms with E-state index in [1.807, 2.05) is 38.2 Å². The second-order valence-electron chi connectivity index (χ2n) is 4.33. The number of rotatable bonds is 4. The fourth-order valence-corrected chi connectivity index (χ4v) is 2.00. The van der Waals surface area contributed by atoms with Gasteiger partial charge in [0.05, 0.1) is 11.3 Å². The lowest BCUT2D eigenvalue weighted by atomic mass is 10.1. The van der Waals surface area contributed by atoms with E-state index in [1.165, 1.54) is 0 Å². The van der Waals surface area contributed by atoms with Crippen LogP contribution >= 0.6 is 0 Å². The van der Waals surface area contributed by atoms with Crippen LogP contribution in [0.15, 0.2) is 30.5 Å². The maximum Gasteiger partial charge on any atom is 0.259 e. The van der Waals surface area contributed by atoms with Crippen molar-refractivity contribution < 1.29 is 4.79 Å². The Morgan fingerprint density at radius 2 is 2.16 bits per heavy atom. The molecule has 2 aromatic rings. The van der Waals surface area contributed by atoms with Crippen molar-refractivity contribution in [2.45, 2.75) is 19.9 Å². The van der Waals surface area contributed by atoms with Crippen molar-refractivity contribution in [2.24, 2.45) is 12.8 Å². The van der Waals surface area contributed by atoms with E-state index in [2.05, 4.69) is 10.4 Å². The predicted octanol–water partition coefficient (Wildman–Crippen LogP) is 1.69. The number of amides is 1. The fourth-order valence-electron chi connectivity index (χ4n) is 2.00. The number of nitrogens with two attached hydrogens (primary N) is 1. The topological polar surface area (TPSA) is 72.9 Å². The van der Waals surface area contributed by atoms with Crippen LogP contribution in [0, 0.1) is 0 Å². The summed E-state index contributed by atoms with van der Waals surface area (Å²) in [5.41, 5.74) is 8.73. The van der Waals surface area contributed by atoms with Gasteiger partial charge in [0.2, 0.25) is 0 Å². The van der Waals surface area contributed by atoms with E-state index in [1.54, 1.807) is 10.9 Å². The van der Waals surface area contributed by atoms with Gasteiger partial charge in [0, 0.05) is 25.5 Å². The van der Waals surface area contributed by atoms with Crippen molar-refractivity contribution in [1.82, 2.24) is 9.78 Å². The zero-order chi connectivity index (χ0) is 13.8. The van der Waals surface area contributed by atoms with Crippen LogP contribution in [-0.4, -0.2) is 15.7 Å². The van der Waals surface area contributed by atoms with Gasteiger partial charge in [-0.15, -0.1) is 0 Å². The highest BCUT2D eigenvalue weighted by Crippen LogP contribution is 2.16. The largest absolute Gasteiger partial charge is 0.326 e. The number of nitrogens with zero attached hydrogens (tertiary/aromatic N) is 2. The number of anilines is 1. The minimum Gasteiger partial charge on any atom is -0.326 e. The first-order valence-electron chi connectivity index (χ1n) is 6.27. The van der Waals surface area contributed by atoms with Gasteiger partial charge in [-0.1, -0.05) is 25.1 Å². The van der Waals surface area contributed by atoms with Gasteiger partial charge in [0.25, 0.3) is 5.91 Å². The molecule has 0 aliphatic heterocycles. The van der Waals surface area contributed by atoms with Crippen LogP contribution < -0.4 is 11.1 Å². The Morgan fingerprint density at radius 3 is 2.84 bits per heavy atom. The zero-order valence-corrected chi connectivity index (χ0v) is 11.2. The number of hydrogen-bond donors (Lipinski definition) is 2. The molecule has 0 radical (unpaired) electrons. The Labute approximate surface area is 112 Å². The first kappa shape index (κ1) is 13.3. The summed E-state index contributed by atoms with van der Waals surface area (Å²) in [4.78, 5) is 12.3. The van der Waals surface area contributed by atoms with E-state index in [0.29, 0.717) is 12.1 Å². The number of aromatic nitrogens is 2. The van der Waals surface area contributed by atoms with Crippen molar-refractivity contribution in [1.29, 1.82) is 0 Å². The number of aryl methyl sites for hydroxylation is 2. The SMILES string of the molecule is CCc1nn(C)cc1C(=O)Nc1ccccc1CN. The summed E-state index contributed by atoms with van der Waals surface area (Å²) in [5, 5.41) is 7.16. The van der Waals surface area contributed by atoms with Crippen LogP contribution in [0.1, 0.15) is 28.5 Å². The van der Waals surface area contributed by atoms with E-state index < -0.39 is 0 Å². The van der Waals surface area contributed by atoms with E-state index in [0.717, 1.165) is 23.4 Å². The van der Waals surface area contributed by atoms with E-state index >= 15 is 0 Å². The molecule has 100 valence electrons. The molecule has 0 saturated carbocycles. The molecule has 3 N–H and O–H groups in total. The number of nitrogens with one attached hydrogen (secondary N) is 1. The van der Waals surface area contributed by atoms with Crippen molar-refractivity contribution in [3.05, 3.63) is 47.3 Å². The fraction of sp³-hybridized carbons (Fsp3) is 0.286. The van der Waals surface area contributed by atoms with Gasteiger partial charge in [-0.3, -0.25) is 9.48 Å². The van der Waals surface area contributed by atoms with Gasteiger partial charge in [-0.05, 0) is 18.1 Å². The van der Waals surface area contributed by atoms with E-state index in [-0.39, 0.29) is 5.91 Å². The molecule has 2 rings (SSSR count). The molecule has 0 bridgehead atoms. The van der Waals surface area contributed by atoms with Crippen LogP contribution in [0.5, 0.6) is 0 Å². The van der Waals surface area contributed by atoms with Crippen LogP contribution in [-0.2, 0) is 20.0 Å². The smallest absolute Gasteiger partial charge is 0.259 e. The van der Waals surface area contributed by atoms with Crippen molar-refractivity contribution >= 4 is 11.6 Å². The third-order valence-corrected chi connectivity index (χ3v) is 2.97. The van der Waals surface area contributed by atoms with Gasteiger partial charge >= 0.3 is 0 Å². The molecule has 5 nitrogen and oxygen atoms in total. The van der Waals surface area contributed by atoms with E-state index in [9.17, 15) is 4.79 Å². The molecule has 0 fully saturated rings. The lowest BCUT2D eigenvalue weighted by molar-refractivity contribution is 0.102. The summed E-state index contributed by atoms with van der Waals surface area (Å²) in [6.45, 7) is 2.37. The molecule has 0 aliphatic rings. The van der Waals surface area contributed by atoms with E-state index in [4.69, 9.17) is 5.73 Å². The van der Waals surface area contributed by atoms with Gasteiger partial charge in [-0.2, -0.15) is 5.10 Å². The Balaban J connectivity index is 2.25. The summed E-state index contributed by atoms with van der Waals surface area (Å²) in [6.07, 6.45) is 2.46.